The van der Waals surface area contributed by atoms with Crippen molar-refractivity contribution in [2.75, 3.05) is 0 Å². The van der Waals surface area contributed by atoms with Crippen LogP contribution in [0.25, 0.3) is 11.3 Å². The van der Waals surface area contributed by atoms with Crippen molar-refractivity contribution >= 4 is 23.0 Å². The molecule has 0 atom stereocenters. The van der Waals surface area contributed by atoms with Crippen molar-refractivity contribution in [3.05, 3.63) is 83.6 Å². The predicted molar refractivity (Wildman–Crippen MR) is 83.6 cm³/mol. The number of carbonyl (C=O) groups excluding carboxylic acids is 1. The third kappa shape index (κ3) is 2.54. The van der Waals surface area contributed by atoms with Gasteiger partial charge >= 0.3 is 5.97 Å². The van der Waals surface area contributed by atoms with Crippen molar-refractivity contribution in [1.29, 1.82) is 0 Å². The first-order valence-electron chi connectivity index (χ1n) is 6.78. The first-order chi connectivity index (χ1) is 10.7. The van der Waals surface area contributed by atoms with Crippen molar-refractivity contribution in [3.63, 3.8) is 0 Å². The van der Waals surface area contributed by atoms with Crippen LogP contribution in [0.5, 0.6) is 0 Å². The molecule has 2 N–H and O–H groups in total. The highest BCUT2D eigenvalue weighted by Crippen LogP contribution is 2.32. The average Bonchev–Trinajstić information content (AvgIpc) is 2.85. The number of hydrogen-bond acceptors (Lipinski definition) is 3. The molecule has 0 fully saturated rings. The quantitative estimate of drug-likeness (QED) is 0.853. The van der Waals surface area contributed by atoms with Gasteiger partial charge in [-0.2, -0.15) is 0 Å². The lowest BCUT2D eigenvalue weighted by atomic mass is 9.98. The molecule has 2 aromatic rings. The number of carbonyl (C=O) groups is 2. The average molecular weight is 291 g/mol. The maximum Gasteiger partial charge on any atom is 0.330 e. The number of carboxylic acid groups (broad SMARTS) is 1. The van der Waals surface area contributed by atoms with E-state index in [2.05, 4.69) is 5.32 Å². The number of carboxylic acids is 1. The topological polar surface area (TPSA) is 66.4 Å². The van der Waals surface area contributed by atoms with Gasteiger partial charge in [-0.3, -0.25) is 4.79 Å². The molecule has 22 heavy (non-hydrogen) atoms. The number of aliphatic carboxylic acids is 1. The molecule has 1 aliphatic heterocycles. The van der Waals surface area contributed by atoms with Gasteiger partial charge < -0.3 is 10.4 Å². The van der Waals surface area contributed by atoms with E-state index in [0.29, 0.717) is 11.3 Å². The van der Waals surface area contributed by atoms with E-state index < -0.39 is 5.97 Å². The van der Waals surface area contributed by atoms with E-state index in [0.717, 1.165) is 17.2 Å². The summed E-state index contributed by atoms with van der Waals surface area (Å²) in [6.45, 7) is 0. The van der Waals surface area contributed by atoms with E-state index in [-0.39, 0.29) is 11.5 Å². The van der Waals surface area contributed by atoms with Crippen molar-refractivity contribution in [3.8, 4) is 0 Å². The van der Waals surface area contributed by atoms with E-state index in [1.165, 1.54) is 0 Å². The van der Waals surface area contributed by atoms with Gasteiger partial charge in [-0.15, -0.1) is 0 Å². The zero-order valence-corrected chi connectivity index (χ0v) is 11.6. The van der Waals surface area contributed by atoms with Crippen molar-refractivity contribution in [2.24, 2.45) is 0 Å². The van der Waals surface area contributed by atoms with Crippen LogP contribution in [-0.4, -0.2) is 16.9 Å². The highest BCUT2D eigenvalue weighted by molar-refractivity contribution is 6.38. The summed E-state index contributed by atoms with van der Waals surface area (Å²) in [4.78, 5) is 23.5. The fourth-order valence-corrected chi connectivity index (χ4v) is 2.43. The van der Waals surface area contributed by atoms with Gasteiger partial charge in [0.05, 0.1) is 23.0 Å². The molecule has 1 heterocycles. The van der Waals surface area contributed by atoms with Gasteiger partial charge in [-0.1, -0.05) is 60.7 Å². The fraction of sp³-hybridized carbons (Fsp3) is 0. The van der Waals surface area contributed by atoms with Crippen LogP contribution in [0.15, 0.2) is 72.4 Å². The zero-order valence-electron chi connectivity index (χ0n) is 11.6. The Bertz CT molecular complexity index is 790. The minimum absolute atomic E-state index is 0.0743. The Morgan fingerprint density at radius 1 is 0.909 bits per heavy atom. The summed E-state index contributed by atoms with van der Waals surface area (Å²) in [5.74, 6) is -1.47. The van der Waals surface area contributed by atoms with Crippen LogP contribution in [0.3, 0.4) is 0 Å². The number of ketones is 1. The molecule has 108 valence electrons. The highest BCUT2D eigenvalue weighted by atomic mass is 16.4. The Kier molecular flexibility index (Phi) is 3.58. The number of Topliss-reactive ketones (excluding diaryl/α,β-unsaturated/α-hetero) is 1. The van der Waals surface area contributed by atoms with Crippen molar-refractivity contribution in [1.82, 2.24) is 5.32 Å². The molecule has 2 aromatic carbocycles. The minimum Gasteiger partial charge on any atom is -0.478 e. The summed E-state index contributed by atoms with van der Waals surface area (Å²) < 4.78 is 0. The van der Waals surface area contributed by atoms with Crippen LogP contribution < -0.4 is 5.32 Å². The molecular weight excluding hydrogens is 278 g/mol. The Morgan fingerprint density at radius 2 is 1.45 bits per heavy atom. The van der Waals surface area contributed by atoms with Crippen LogP contribution >= 0.6 is 0 Å². The second kappa shape index (κ2) is 5.69. The first kappa shape index (κ1) is 13.8. The maximum atomic E-state index is 12.6. The Balaban J connectivity index is 2.17. The number of benzene rings is 2. The maximum absolute atomic E-state index is 12.6. The molecule has 0 aromatic heterocycles. The smallest absolute Gasteiger partial charge is 0.330 e. The standard InChI is InChI=1S/C18H13NO3/c20-15(21)11-14-18(22)16(12-7-3-1-4-8-12)17(19-14)13-9-5-2-6-10-13/h1-11,19H,(H,20,21)/b14-11+. The summed E-state index contributed by atoms with van der Waals surface area (Å²) in [5, 5.41) is 11.9. The SMILES string of the molecule is O=C(O)/C=C1/NC(c2ccccc2)=C(c2ccccc2)C1=O. The van der Waals surface area contributed by atoms with Crippen LogP contribution in [0.1, 0.15) is 11.1 Å². The number of hydrogen-bond donors (Lipinski definition) is 2. The number of allylic oxidation sites excluding steroid dienone is 1. The lowest BCUT2D eigenvalue weighted by Crippen LogP contribution is -2.11. The molecule has 0 aliphatic carbocycles. The van der Waals surface area contributed by atoms with Gasteiger partial charge in [0.2, 0.25) is 5.78 Å². The monoisotopic (exact) mass is 291 g/mol. The zero-order chi connectivity index (χ0) is 15.5. The molecule has 3 rings (SSSR count). The highest BCUT2D eigenvalue weighted by Gasteiger charge is 2.30. The molecule has 1 aliphatic rings. The second-order valence-corrected chi connectivity index (χ2v) is 4.83. The van der Waals surface area contributed by atoms with Gasteiger partial charge in [0.25, 0.3) is 0 Å². The minimum atomic E-state index is -1.16. The van der Waals surface area contributed by atoms with Crippen LogP contribution in [-0.2, 0) is 9.59 Å². The Morgan fingerprint density at radius 3 is 2.00 bits per heavy atom. The van der Waals surface area contributed by atoms with Crippen molar-refractivity contribution < 1.29 is 14.7 Å². The summed E-state index contributed by atoms with van der Waals surface area (Å²) in [6, 6.07) is 18.6. The third-order valence-electron chi connectivity index (χ3n) is 3.37. The fourth-order valence-electron chi connectivity index (χ4n) is 2.43. The van der Waals surface area contributed by atoms with Crippen LogP contribution in [0, 0.1) is 0 Å². The predicted octanol–water partition coefficient (Wildman–Crippen LogP) is 2.70. The third-order valence-corrected chi connectivity index (χ3v) is 3.37. The van der Waals surface area contributed by atoms with Gasteiger partial charge in [0, 0.05) is 0 Å². The molecule has 0 spiro atoms. The van der Waals surface area contributed by atoms with Crippen LogP contribution in [0.2, 0.25) is 0 Å². The lowest BCUT2D eigenvalue weighted by molar-refractivity contribution is -0.131. The van der Waals surface area contributed by atoms with E-state index in [1.54, 1.807) is 0 Å². The van der Waals surface area contributed by atoms with Gasteiger partial charge in [0.1, 0.15) is 0 Å². The summed E-state index contributed by atoms with van der Waals surface area (Å²) in [5.41, 5.74) is 2.78. The van der Waals surface area contributed by atoms with Crippen molar-refractivity contribution in [2.45, 2.75) is 0 Å². The van der Waals surface area contributed by atoms with Gasteiger partial charge in [0.15, 0.2) is 0 Å². The molecule has 4 nitrogen and oxygen atoms in total. The Hall–Kier alpha value is -3.14. The first-order valence-corrected chi connectivity index (χ1v) is 6.78. The number of rotatable bonds is 3. The molecule has 0 bridgehead atoms. The number of nitrogens with one attached hydrogen (secondary N) is 1. The summed E-state index contributed by atoms with van der Waals surface area (Å²) in [7, 11) is 0. The van der Waals surface area contributed by atoms with Gasteiger partial charge in [-0.05, 0) is 11.1 Å². The normalized spacial score (nSPS) is 16.0. The molecule has 0 saturated carbocycles. The second-order valence-electron chi connectivity index (χ2n) is 4.83. The Labute approximate surface area is 127 Å². The summed E-state index contributed by atoms with van der Waals surface area (Å²) in [6.07, 6.45) is 0.904. The lowest BCUT2D eigenvalue weighted by Gasteiger charge is -2.06. The van der Waals surface area contributed by atoms with E-state index in [4.69, 9.17) is 5.11 Å². The molecule has 0 saturated heterocycles. The van der Waals surface area contributed by atoms with Crippen LogP contribution in [0.4, 0.5) is 0 Å². The van der Waals surface area contributed by atoms with E-state index in [1.807, 2.05) is 60.7 Å². The van der Waals surface area contributed by atoms with E-state index in [9.17, 15) is 9.59 Å². The molecule has 4 heteroatoms. The largest absolute Gasteiger partial charge is 0.478 e. The molecule has 0 radical (unpaired) electrons. The summed E-state index contributed by atoms with van der Waals surface area (Å²) >= 11 is 0. The van der Waals surface area contributed by atoms with Gasteiger partial charge in [-0.25, -0.2) is 4.79 Å². The molecule has 0 amide bonds. The van der Waals surface area contributed by atoms with E-state index >= 15 is 0 Å². The molecular formula is C18H13NO3. The molecule has 0 unspecified atom stereocenters.